The molecule has 84 valence electrons. The second-order valence-electron chi connectivity index (χ2n) is 3.42. The molecule has 0 saturated heterocycles. The maximum atomic E-state index is 13.3. The van der Waals surface area contributed by atoms with Crippen LogP contribution in [0.15, 0.2) is 18.2 Å². The third-order valence-electron chi connectivity index (χ3n) is 2.06. The summed E-state index contributed by atoms with van der Waals surface area (Å²) < 4.78 is 25.9. The number of benzene rings is 1. The van der Waals surface area contributed by atoms with E-state index in [0.717, 1.165) is 6.07 Å². The predicted octanol–water partition coefficient (Wildman–Crippen LogP) is 0.721. The van der Waals surface area contributed by atoms with Crippen molar-refractivity contribution in [3.05, 3.63) is 29.8 Å². The lowest BCUT2D eigenvalue weighted by atomic mass is 10.2. The zero-order valence-electron chi connectivity index (χ0n) is 8.45. The second-order valence-corrected chi connectivity index (χ2v) is 3.42. The minimum atomic E-state index is -0.636. The van der Waals surface area contributed by atoms with Gasteiger partial charge in [-0.15, -0.1) is 0 Å². The van der Waals surface area contributed by atoms with E-state index >= 15 is 0 Å². The van der Waals surface area contributed by atoms with Gasteiger partial charge in [0.1, 0.15) is 11.6 Å². The molecular weight excluding hydrogens is 202 g/mol. The number of aliphatic hydroxyl groups excluding tert-OH is 1. The summed E-state index contributed by atoms with van der Waals surface area (Å²) in [7, 11) is 1.63. The van der Waals surface area contributed by atoms with Crippen molar-refractivity contribution in [2.45, 2.75) is 6.04 Å². The average molecular weight is 216 g/mol. The quantitative estimate of drug-likeness (QED) is 0.779. The topological polar surface area (TPSA) is 49.5 Å². The van der Waals surface area contributed by atoms with Crippen LogP contribution in [0.5, 0.6) is 0 Å². The van der Waals surface area contributed by atoms with Gasteiger partial charge in [-0.3, -0.25) is 0 Å². The standard InChI is InChI=1S/C10H14F2N2O/c1-14(5-8(13)6-15)10-3-2-7(11)4-9(10)12/h2-4,8,15H,5-6,13H2,1H3. The van der Waals surface area contributed by atoms with E-state index in [1.54, 1.807) is 7.05 Å². The average Bonchev–Trinajstić information content (AvgIpc) is 2.17. The lowest BCUT2D eigenvalue weighted by molar-refractivity contribution is 0.267. The number of anilines is 1. The van der Waals surface area contributed by atoms with Crippen molar-refractivity contribution in [1.82, 2.24) is 0 Å². The van der Waals surface area contributed by atoms with E-state index in [1.165, 1.54) is 17.0 Å². The Hall–Kier alpha value is -1.20. The molecular formula is C10H14F2N2O. The van der Waals surface area contributed by atoms with Crippen molar-refractivity contribution in [3.8, 4) is 0 Å². The van der Waals surface area contributed by atoms with E-state index in [2.05, 4.69) is 0 Å². The van der Waals surface area contributed by atoms with Gasteiger partial charge in [-0.2, -0.15) is 0 Å². The third-order valence-corrected chi connectivity index (χ3v) is 2.06. The normalized spacial score (nSPS) is 12.6. The molecule has 0 aliphatic rings. The predicted molar refractivity (Wildman–Crippen MR) is 54.7 cm³/mol. The Morgan fingerprint density at radius 2 is 2.13 bits per heavy atom. The van der Waals surface area contributed by atoms with E-state index < -0.39 is 17.7 Å². The number of nitrogens with zero attached hydrogens (tertiary/aromatic N) is 1. The number of nitrogens with two attached hydrogens (primary N) is 1. The molecule has 1 rings (SSSR count). The summed E-state index contributed by atoms with van der Waals surface area (Å²) in [6, 6.07) is 2.89. The van der Waals surface area contributed by atoms with Crippen LogP contribution in [0, 0.1) is 11.6 Å². The number of halogens is 2. The first-order valence-corrected chi connectivity index (χ1v) is 4.57. The van der Waals surface area contributed by atoms with Crippen LogP contribution >= 0.6 is 0 Å². The van der Waals surface area contributed by atoms with Gasteiger partial charge in [-0.05, 0) is 12.1 Å². The van der Waals surface area contributed by atoms with Gasteiger partial charge in [0.15, 0.2) is 0 Å². The van der Waals surface area contributed by atoms with E-state index in [0.29, 0.717) is 6.54 Å². The molecule has 0 bridgehead atoms. The summed E-state index contributed by atoms with van der Waals surface area (Å²) in [5.41, 5.74) is 5.77. The molecule has 0 radical (unpaired) electrons. The van der Waals surface area contributed by atoms with Gasteiger partial charge in [0.25, 0.3) is 0 Å². The fourth-order valence-corrected chi connectivity index (χ4v) is 1.30. The van der Waals surface area contributed by atoms with Crippen LogP contribution in [-0.4, -0.2) is 31.3 Å². The first-order chi connectivity index (χ1) is 7.04. The lowest BCUT2D eigenvalue weighted by Crippen LogP contribution is -2.38. The van der Waals surface area contributed by atoms with Gasteiger partial charge in [0, 0.05) is 25.7 Å². The van der Waals surface area contributed by atoms with Crippen molar-refractivity contribution < 1.29 is 13.9 Å². The summed E-state index contributed by atoms with van der Waals surface area (Å²) in [5, 5.41) is 8.74. The molecule has 1 unspecified atom stereocenters. The number of aliphatic hydroxyl groups is 1. The Morgan fingerprint density at radius 1 is 1.47 bits per heavy atom. The van der Waals surface area contributed by atoms with Crippen molar-refractivity contribution in [2.75, 3.05) is 25.1 Å². The van der Waals surface area contributed by atoms with E-state index in [4.69, 9.17) is 10.8 Å². The molecule has 0 aliphatic carbocycles. The summed E-state index contributed by atoms with van der Waals surface area (Å²) in [6.07, 6.45) is 0. The smallest absolute Gasteiger partial charge is 0.149 e. The van der Waals surface area contributed by atoms with Crippen LogP contribution in [0.1, 0.15) is 0 Å². The van der Waals surface area contributed by atoms with Crippen LogP contribution < -0.4 is 10.6 Å². The third kappa shape index (κ3) is 3.14. The zero-order valence-corrected chi connectivity index (χ0v) is 8.45. The highest BCUT2D eigenvalue weighted by Gasteiger charge is 2.11. The summed E-state index contributed by atoms with van der Waals surface area (Å²) >= 11 is 0. The summed E-state index contributed by atoms with van der Waals surface area (Å²) in [4.78, 5) is 1.54. The van der Waals surface area contributed by atoms with Gasteiger partial charge in [-0.25, -0.2) is 8.78 Å². The minimum Gasteiger partial charge on any atom is -0.395 e. The van der Waals surface area contributed by atoms with Crippen LogP contribution in [-0.2, 0) is 0 Å². The first kappa shape index (κ1) is 11.9. The second kappa shape index (κ2) is 5.04. The Kier molecular flexibility index (Phi) is 3.99. The van der Waals surface area contributed by atoms with Crippen LogP contribution in [0.4, 0.5) is 14.5 Å². The van der Waals surface area contributed by atoms with Gasteiger partial charge >= 0.3 is 0 Å². The highest BCUT2D eigenvalue weighted by Crippen LogP contribution is 2.18. The molecule has 5 heteroatoms. The number of hydrogen-bond acceptors (Lipinski definition) is 3. The van der Waals surface area contributed by atoms with Crippen molar-refractivity contribution in [2.24, 2.45) is 5.73 Å². The molecule has 0 aliphatic heterocycles. The molecule has 15 heavy (non-hydrogen) atoms. The maximum absolute atomic E-state index is 13.3. The Morgan fingerprint density at radius 3 is 2.67 bits per heavy atom. The fraction of sp³-hybridized carbons (Fsp3) is 0.400. The van der Waals surface area contributed by atoms with Gasteiger partial charge < -0.3 is 15.7 Å². The first-order valence-electron chi connectivity index (χ1n) is 4.57. The van der Waals surface area contributed by atoms with Crippen molar-refractivity contribution in [1.29, 1.82) is 0 Å². The molecule has 1 aromatic rings. The van der Waals surface area contributed by atoms with Gasteiger partial charge in [-0.1, -0.05) is 0 Å². The van der Waals surface area contributed by atoms with E-state index in [9.17, 15) is 8.78 Å². The SMILES string of the molecule is CN(CC(N)CO)c1ccc(F)cc1F. The largest absolute Gasteiger partial charge is 0.395 e. The molecule has 1 aromatic carbocycles. The Bertz CT molecular complexity index is 333. The van der Waals surface area contributed by atoms with Crippen molar-refractivity contribution in [3.63, 3.8) is 0 Å². The van der Waals surface area contributed by atoms with E-state index in [1.807, 2.05) is 0 Å². The molecule has 0 aromatic heterocycles. The number of hydrogen-bond donors (Lipinski definition) is 2. The van der Waals surface area contributed by atoms with Crippen LogP contribution in [0.3, 0.4) is 0 Å². The molecule has 1 atom stereocenters. The summed E-state index contributed by atoms with van der Waals surface area (Å²) in [5.74, 6) is -1.25. The van der Waals surface area contributed by atoms with Crippen LogP contribution in [0.25, 0.3) is 0 Å². The van der Waals surface area contributed by atoms with E-state index in [-0.39, 0.29) is 12.3 Å². The van der Waals surface area contributed by atoms with Gasteiger partial charge in [0.2, 0.25) is 0 Å². The molecule has 0 fully saturated rings. The minimum absolute atomic E-state index is 0.173. The molecule has 3 N–H and O–H groups in total. The highest BCUT2D eigenvalue weighted by molar-refractivity contribution is 5.47. The molecule has 0 amide bonds. The maximum Gasteiger partial charge on any atom is 0.149 e. The molecule has 0 spiro atoms. The molecule has 0 saturated carbocycles. The zero-order chi connectivity index (χ0) is 11.4. The van der Waals surface area contributed by atoms with Crippen molar-refractivity contribution >= 4 is 5.69 Å². The summed E-state index contributed by atoms with van der Waals surface area (Å²) in [6.45, 7) is 0.131. The molecule has 0 heterocycles. The number of likely N-dealkylation sites (N-methyl/N-ethyl adjacent to an activating group) is 1. The molecule has 3 nitrogen and oxygen atoms in total. The fourth-order valence-electron chi connectivity index (χ4n) is 1.30. The van der Waals surface area contributed by atoms with Gasteiger partial charge in [0.05, 0.1) is 12.3 Å². The monoisotopic (exact) mass is 216 g/mol. The highest BCUT2D eigenvalue weighted by atomic mass is 19.1. The Labute approximate surface area is 87.1 Å². The number of rotatable bonds is 4. The lowest BCUT2D eigenvalue weighted by Gasteiger charge is -2.22. The van der Waals surface area contributed by atoms with Crippen LogP contribution in [0.2, 0.25) is 0 Å². The Balaban J connectivity index is 2.77.